The van der Waals surface area contributed by atoms with E-state index in [2.05, 4.69) is 0 Å². The first kappa shape index (κ1) is 21.9. The highest BCUT2D eigenvalue weighted by atomic mass is 16.7. The molecule has 1 saturated heterocycles. The quantitative estimate of drug-likeness (QED) is 0.252. The Labute approximate surface area is 157 Å². The number of rotatable bonds is 9. The lowest BCUT2D eigenvalue weighted by atomic mass is 9.89. The molecule has 2 rings (SSSR count). The SMILES string of the molecule is O=C(O)C[C@H]1CCC(=O)[C@H]1CC=CCCO[C@@H]1O[C@H](CO)C(O)C(O)C1O. The van der Waals surface area contributed by atoms with E-state index in [1.807, 2.05) is 6.08 Å². The van der Waals surface area contributed by atoms with E-state index >= 15 is 0 Å². The lowest BCUT2D eigenvalue weighted by Crippen LogP contribution is -2.59. The van der Waals surface area contributed by atoms with E-state index in [9.17, 15) is 24.9 Å². The van der Waals surface area contributed by atoms with Gasteiger partial charge in [-0.05, 0) is 25.2 Å². The third-order valence-electron chi connectivity index (χ3n) is 5.15. The smallest absolute Gasteiger partial charge is 0.303 e. The Bertz CT molecular complexity index is 533. The number of carbonyl (C=O) groups excluding carboxylic acids is 1. The van der Waals surface area contributed by atoms with Gasteiger partial charge in [-0.25, -0.2) is 0 Å². The van der Waals surface area contributed by atoms with Crippen molar-refractivity contribution in [2.75, 3.05) is 13.2 Å². The van der Waals surface area contributed by atoms with Gasteiger partial charge in [-0.3, -0.25) is 9.59 Å². The number of hydrogen-bond donors (Lipinski definition) is 5. The molecule has 2 aliphatic rings. The lowest BCUT2D eigenvalue weighted by Gasteiger charge is -2.39. The summed E-state index contributed by atoms with van der Waals surface area (Å²) < 4.78 is 10.6. The van der Waals surface area contributed by atoms with Gasteiger partial charge in [-0.15, -0.1) is 0 Å². The third kappa shape index (κ3) is 5.81. The molecule has 0 aromatic rings. The third-order valence-corrected chi connectivity index (χ3v) is 5.15. The number of aliphatic carboxylic acids is 1. The molecule has 9 heteroatoms. The number of allylic oxidation sites excluding steroid dienone is 1. The van der Waals surface area contributed by atoms with Crippen LogP contribution in [-0.4, -0.2) is 81.2 Å². The fourth-order valence-corrected chi connectivity index (χ4v) is 3.59. The summed E-state index contributed by atoms with van der Waals surface area (Å²) in [7, 11) is 0. The molecule has 7 atom stereocenters. The molecule has 1 aliphatic heterocycles. The summed E-state index contributed by atoms with van der Waals surface area (Å²) in [5.41, 5.74) is 0. The molecule has 27 heavy (non-hydrogen) atoms. The summed E-state index contributed by atoms with van der Waals surface area (Å²) in [6.07, 6.45) is -0.898. The molecule has 0 aromatic carbocycles. The van der Waals surface area contributed by atoms with Gasteiger partial charge in [0, 0.05) is 18.8 Å². The van der Waals surface area contributed by atoms with E-state index < -0.39 is 43.3 Å². The summed E-state index contributed by atoms with van der Waals surface area (Å²) >= 11 is 0. The van der Waals surface area contributed by atoms with E-state index in [1.165, 1.54) is 0 Å². The molecule has 5 N–H and O–H groups in total. The zero-order chi connectivity index (χ0) is 20.0. The predicted molar refractivity (Wildman–Crippen MR) is 91.6 cm³/mol. The van der Waals surface area contributed by atoms with Crippen LogP contribution in [0, 0.1) is 11.8 Å². The van der Waals surface area contributed by atoms with Crippen LogP contribution in [-0.2, 0) is 19.1 Å². The average Bonchev–Trinajstić information content (AvgIpc) is 2.96. The van der Waals surface area contributed by atoms with Gasteiger partial charge in [0.2, 0.25) is 0 Å². The normalized spacial score (nSPS) is 37.2. The molecular formula is C18H28O9. The second-order valence-corrected chi connectivity index (χ2v) is 7.03. The number of carbonyl (C=O) groups is 2. The molecule has 3 unspecified atom stereocenters. The van der Waals surface area contributed by atoms with Crippen LogP contribution in [0.4, 0.5) is 0 Å². The first-order chi connectivity index (χ1) is 12.8. The minimum Gasteiger partial charge on any atom is -0.481 e. The number of carboxylic acids is 1. The fraction of sp³-hybridized carbons (Fsp3) is 0.778. The first-order valence-corrected chi connectivity index (χ1v) is 9.16. The average molecular weight is 388 g/mol. The summed E-state index contributed by atoms with van der Waals surface area (Å²) in [5.74, 6) is -1.17. The monoisotopic (exact) mass is 388 g/mol. The van der Waals surface area contributed by atoms with Crippen molar-refractivity contribution in [2.45, 2.75) is 62.8 Å². The molecule has 0 aromatic heterocycles. The van der Waals surface area contributed by atoms with E-state index in [0.29, 0.717) is 25.7 Å². The topological polar surface area (TPSA) is 154 Å². The minimum absolute atomic E-state index is 0.00443. The standard InChI is InChI=1S/C18H28O9/c19-9-13-15(23)16(24)17(25)18(27-13)26-7-3-1-2-4-11-10(8-14(21)22)5-6-12(11)20/h1-2,10-11,13,15-19,23-25H,3-9H2,(H,21,22)/t10-,11+,13-,15?,16?,17?,18-/m1/s1. The highest BCUT2D eigenvalue weighted by Crippen LogP contribution is 2.34. The number of ether oxygens (including phenoxy) is 2. The number of aliphatic hydroxyl groups is 4. The van der Waals surface area contributed by atoms with Crippen molar-refractivity contribution in [3.63, 3.8) is 0 Å². The molecule has 1 heterocycles. The van der Waals surface area contributed by atoms with Crippen LogP contribution >= 0.6 is 0 Å². The highest BCUT2D eigenvalue weighted by Gasteiger charge is 2.43. The fourth-order valence-electron chi connectivity index (χ4n) is 3.59. The van der Waals surface area contributed by atoms with Crippen molar-refractivity contribution >= 4 is 11.8 Å². The Kier molecular flexibility index (Phi) is 8.33. The predicted octanol–water partition coefficient (Wildman–Crippen LogP) is -0.791. The lowest BCUT2D eigenvalue weighted by molar-refractivity contribution is -0.300. The Hall–Kier alpha value is -1.36. The second-order valence-electron chi connectivity index (χ2n) is 7.03. The maximum atomic E-state index is 11.9. The number of carboxylic acid groups (broad SMARTS) is 1. The van der Waals surface area contributed by atoms with E-state index in [-0.39, 0.29) is 30.6 Å². The van der Waals surface area contributed by atoms with Gasteiger partial charge >= 0.3 is 5.97 Å². The van der Waals surface area contributed by atoms with Gasteiger partial charge in [-0.1, -0.05) is 12.2 Å². The van der Waals surface area contributed by atoms with Crippen LogP contribution in [0.3, 0.4) is 0 Å². The van der Waals surface area contributed by atoms with Crippen molar-refractivity contribution in [3.8, 4) is 0 Å². The maximum absolute atomic E-state index is 11.9. The summed E-state index contributed by atoms with van der Waals surface area (Å²) in [6.45, 7) is -0.353. The van der Waals surface area contributed by atoms with E-state index in [1.54, 1.807) is 6.08 Å². The van der Waals surface area contributed by atoms with Gasteiger partial charge in [0.1, 0.15) is 30.2 Å². The molecule has 9 nitrogen and oxygen atoms in total. The molecule has 1 aliphatic carbocycles. The summed E-state index contributed by atoms with van der Waals surface area (Å²) in [4.78, 5) is 22.7. The van der Waals surface area contributed by atoms with Crippen molar-refractivity contribution < 1.29 is 44.6 Å². The van der Waals surface area contributed by atoms with Crippen LogP contribution < -0.4 is 0 Å². The number of ketones is 1. The highest BCUT2D eigenvalue weighted by molar-refractivity contribution is 5.84. The number of aliphatic hydroxyl groups excluding tert-OH is 4. The van der Waals surface area contributed by atoms with Crippen molar-refractivity contribution in [1.82, 2.24) is 0 Å². The van der Waals surface area contributed by atoms with E-state index in [0.717, 1.165) is 0 Å². The maximum Gasteiger partial charge on any atom is 0.303 e. The van der Waals surface area contributed by atoms with Gasteiger partial charge in [0.15, 0.2) is 6.29 Å². The zero-order valence-corrected chi connectivity index (χ0v) is 15.0. The van der Waals surface area contributed by atoms with Crippen LogP contribution in [0.5, 0.6) is 0 Å². The molecule has 0 radical (unpaired) electrons. The molecule has 1 saturated carbocycles. The first-order valence-electron chi connectivity index (χ1n) is 9.16. The van der Waals surface area contributed by atoms with Crippen LogP contribution in [0.2, 0.25) is 0 Å². The number of Topliss-reactive ketones (excluding diaryl/α,β-unsaturated/α-hetero) is 1. The van der Waals surface area contributed by atoms with Crippen LogP contribution in [0.25, 0.3) is 0 Å². The van der Waals surface area contributed by atoms with Crippen molar-refractivity contribution in [1.29, 1.82) is 0 Å². The Balaban J connectivity index is 1.73. The summed E-state index contributed by atoms with van der Waals surface area (Å²) in [6, 6.07) is 0. The molecule has 2 fully saturated rings. The molecule has 0 spiro atoms. The van der Waals surface area contributed by atoms with Crippen LogP contribution in [0.15, 0.2) is 12.2 Å². The van der Waals surface area contributed by atoms with Gasteiger partial charge < -0.3 is 35.0 Å². The van der Waals surface area contributed by atoms with Gasteiger partial charge in [0.05, 0.1) is 13.2 Å². The molecule has 0 bridgehead atoms. The van der Waals surface area contributed by atoms with Gasteiger partial charge in [-0.2, -0.15) is 0 Å². The largest absolute Gasteiger partial charge is 0.481 e. The minimum atomic E-state index is -1.48. The Morgan fingerprint density at radius 3 is 2.59 bits per heavy atom. The molecular weight excluding hydrogens is 360 g/mol. The van der Waals surface area contributed by atoms with E-state index in [4.69, 9.17) is 19.7 Å². The Morgan fingerprint density at radius 1 is 1.19 bits per heavy atom. The zero-order valence-electron chi connectivity index (χ0n) is 15.0. The van der Waals surface area contributed by atoms with Crippen molar-refractivity contribution in [3.05, 3.63) is 12.2 Å². The molecule has 154 valence electrons. The second kappa shape index (κ2) is 10.3. The van der Waals surface area contributed by atoms with Gasteiger partial charge in [0.25, 0.3) is 0 Å². The van der Waals surface area contributed by atoms with Crippen molar-refractivity contribution in [2.24, 2.45) is 11.8 Å². The van der Waals surface area contributed by atoms with Crippen LogP contribution in [0.1, 0.15) is 32.1 Å². The molecule has 0 amide bonds. The number of hydrogen-bond acceptors (Lipinski definition) is 8. The Morgan fingerprint density at radius 2 is 1.93 bits per heavy atom. The summed E-state index contributed by atoms with van der Waals surface area (Å²) in [5, 5.41) is 47.3.